The Morgan fingerprint density at radius 2 is 2.14 bits per heavy atom. The van der Waals surface area contributed by atoms with Crippen LogP contribution < -0.4 is 11.1 Å². The second kappa shape index (κ2) is 5.09. The lowest BCUT2D eigenvalue weighted by Crippen LogP contribution is -2.40. The third kappa shape index (κ3) is 3.22. The highest BCUT2D eigenvalue weighted by Gasteiger charge is 2.33. The van der Waals surface area contributed by atoms with Crippen LogP contribution in [0.1, 0.15) is 25.7 Å². The van der Waals surface area contributed by atoms with E-state index >= 15 is 0 Å². The van der Waals surface area contributed by atoms with Gasteiger partial charge in [-0.3, -0.25) is 0 Å². The van der Waals surface area contributed by atoms with Crippen LogP contribution in [0.2, 0.25) is 0 Å². The van der Waals surface area contributed by atoms with Crippen LogP contribution in [0.15, 0.2) is 0 Å². The number of sulfone groups is 1. The number of nitrogens with one attached hydrogen (secondary N) is 1. The van der Waals surface area contributed by atoms with Crippen LogP contribution in [-0.4, -0.2) is 39.1 Å². The Bertz CT molecular complexity index is 264. The zero-order valence-electron chi connectivity index (χ0n) is 8.70. The highest BCUT2D eigenvalue weighted by molar-refractivity contribution is 7.91. The Kier molecular flexibility index (Phi) is 4.34. The third-order valence-electron chi connectivity index (χ3n) is 2.79. The molecule has 84 valence electrons. The smallest absolute Gasteiger partial charge is 0.151 e. The van der Waals surface area contributed by atoms with Crippen LogP contribution in [0.4, 0.5) is 0 Å². The molecule has 1 saturated carbocycles. The molecule has 0 aromatic carbocycles. The molecule has 1 aliphatic rings. The molecule has 1 aliphatic carbocycles. The first-order chi connectivity index (χ1) is 6.55. The van der Waals surface area contributed by atoms with Gasteiger partial charge in [-0.25, -0.2) is 8.42 Å². The zero-order chi connectivity index (χ0) is 10.6. The van der Waals surface area contributed by atoms with Crippen molar-refractivity contribution in [3.05, 3.63) is 0 Å². The largest absolute Gasteiger partial charge is 0.330 e. The SMILES string of the molecule is CS(=O)(=O)C1CCCC1NCCCN. The summed E-state index contributed by atoms with van der Waals surface area (Å²) in [4.78, 5) is 0. The van der Waals surface area contributed by atoms with E-state index in [-0.39, 0.29) is 11.3 Å². The summed E-state index contributed by atoms with van der Waals surface area (Å²) < 4.78 is 22.8. The minimum atomic E-state index is -2.88. The van der Waals surface area contributed by atoms with Gasteiger partial charge in [-0.05, 0) is 32.4 Å². The molecule has 14 heavy (non-hydrogen) atoms. The number of rotatable bonds is 5. The summed E-state index contributed by atoms with van der Waals surface area (Å²) in [5, 5.41) is 3.10. The lowest BCUT2D eigenvalue weighted by molar-refractivity contribution is 0.503. The van der Waals surface area contributed by atoms with E-state index in [4.69, 9.17) is 5.73 Å². The zero-order valence-corrected chi connectivity index (χ0v) is 9.52. The molecule has 0 aliphatic heterocycles. The number of hydrogen-bond acceptors (Lipinski definition) is 4. The van der Waals surface area contributed by atoms with E-state index in [0.717, 1.165) is 32.2 Å². The fourth-order valence-electron chi connectivity index (χ4n) is 2.06. The average molecular weight is 220 g/mol. The maximum atomic E-state index is 11.4. The van der Waals surface area contributed by atoms with Crippen LogP contribution >= 0.6 is 0 Å². The van der Waals surface area contributed by atoms with Gasteiger partial charge < -0.3 is 11.1 Å². The van der Waals surface area contributed by atoms with Crippen LogP contribution in [0.3, 0.4) is 0 Å². The van der Waals surface area contributed by atoms with E-state index in [1.54, 1.807) is 0 Å². The van der Waals surface area contributed by atoms with Crippen molar-refractivity contribution < 1.29 is 8.42 Å². The molecule has 0 amide bonds. The molecule has 0 spiro atoms. The molecule has 0 bridgehead atoms. The molecule has 1 fully saturated rings. The van der Waals surface area contributed by atoms with Crippen molar-refractivity contribution in [2.75, 3.05) is 19.3 Å². The Labute approximate surface area is 86.2 Å². The molecule has 3 N–H and O–H groups in total. The first-order valence-electron chi connectivity index (χ1n) is 5.18. The highest BCUT2D eigenvalue weighted by atomic mass is 32.2. The van der Waals surface area contributed by atoms with Gasteiger partial charge in [0, 0.05) is 12.3 Å². The van der Waals surface area contributed by atoms with Crippen LogP contribution in [-0.2, 0) is 9.84 Å². The van der Waals surface area contributed by atoms with Crippen molar-refractivity contribution in [1.29, 1.82) is 0 Å². The van der Waals surface area contributed by atoms with E-state index < -0.39 is 9.84 Å². The van der Waals surface area contributed by atoms with E-state index in [2.05, 4.69) is 5.32 Å². The van der Waals surface area contributed by atoms with Crippen LogP contribution in [0.25, 0.3) is 0 Å². The molecule has 0 aromatic rings. The van der Waals surface area contributed by atoms with Gasteiger partial charge in [0.2, 0.25) is 0 Å². The van der Waals surface area contributed by atoms with Gasteiger partial charge in [-0.2, -0.15) is 0 Å². The lowest BCUT2D eigenvalue weighted by atomic mass is 10.2. The predicted octanol–water partition coefficient (Wildman–Crippen LogP) is -0.109. The molecule has 4 nitrogen and oxygen atoms in total. The molecular formula is C9H20N2O2S. The van der Waals surface area contributed by atoms with Crippen LogP contribution in [0, 0.1) is 0 Å². The summed E-state index contributed by atoms with van der Waals surface area (Å²) in [7, 11) is -2.88. The van der Waals surface area contributed by atoms with E-state index in [0.29, 0.717) is 6.54 Å². The summed E-state index contributed by atoms with van der Waals surface area (Å²) in [6, 6.07) is 0.150. The van der Waals surface area contributed by atoms with Crippen molar-refractivity contribution in [3.8, 4) is 0 Å². The summed E-state index contributed by atoms with van der Waals surface area (Å²) in [5.41, 5.74) is 5.38. The van der Waals surface area contributed by atoms with Gasteiger partial charge in [-0.1, -0.05) is 6.42 Å². The molecule has 0 saturated heterocycles. The molecule has 2 unspecified atom stereocenters. The third-order valence-corrected chi connectivity index (χ3v) is 4.45. The fourth-order valence-corrected chi connectivity index (χ4v) is 3.49. The van der Waals surface area contributed by atoms with Gasteiger partial charge in [0.15, 0.2) is 9.84 Å². The number of nitrogens with two attached hydrogens (primary N) is 1. The van der Waals surface area contributed by atoms with Gasteiger partial charge in [-0.15, -0.1) is 0 Å². The summed E-state index contributed by atoms with van der Waals surface area (Å²) >= 11 is 0. The lowest BCUT2D eigenvalue weighted by Gasteiger charge is -2.19. The first-order valence-corrected chi connectivity index (χ1v) is 7.13. The summed E-state index contributed by atoms with van der Waals surface area (Å²) in [6.07, 6.45) is 5.03. The van der Waals surface area contributed by atoms with Crippen molar-refractivity contribution >= 4 is 9.84 Å². The van der Waals surface area contributed by atoms with Gasteiger partial charge in [0.05, 0.1) is 5.25 Å². The van der Waals surface area contributed by atoms with Gasteiger partial charge in [0.1, 0.15) is 0 Å². The maximum absolute atomic E-state index is 11.4. The van der Waals surface area contributed by atoms with Crippen molar-refractivity contribution in [2.45, 2.75) is 37.0 Å². The second-order valence-corrected chi connectivity index (χ2v) is 6.27. The molecule has 0 heterocycles. The van der Waals surface area contributed by atoms with E-state index in [1.807, 2.05) is 0 Å². The van der Waals surface area contributed by atoms with Crippen molar-refractivity contribution in [2.24, 2.45) is 5.73 Å². The first kappa shape index (κ1) is 11.9. The van der Waals surface area contributed by atoms with E-state index in [9.17, 15) is 8.42 Å². The average Bonchev–Trinajstić information content (AvgIpc) is 2.52. The van der Waals surface area contributed by atoms with Gasteiger partial charge in [0.25, 0.3) is 0 Å². The van der Waals surface area contributed by atoms with Crippen molar-refractivity contribution in [1.82, 2.24) is 5.32 Å². The molecule has 1 rings (SSSR count). The molecule has 0 radical (unpaired) electrons. The van der Waals surface area contributed by atoms with Crippen molar-refractivity contribution in [3.63, 3.8) is 0 Å². The maximum Gasteiger partial charge on any atom is 0.151 e. The Balaban J connectivity index is 2.44. The quantitative estimate of drug-likeness (QED) is 0.634. The standard InChI is InChI=1S/C9H20N2O2S/c1-14(12,13)9-5-2-4-8(9)11-7-3-6-10/h8-9,11H,2-7,10H2,1H3. The fraction of sp³-hybridized carbons (Fsp3) is 1.00. The minimum absolute atomic E-state index is 0.150. The highest BCUT2D eigenvalue weighted by Crippen LogP contribution is 2.24. The predicted molar refractivity (Wildman–Crippen MR) is 57.9 cm³/mol. The molecule has 5 heteroatoms. The minimum Gasteiger partial charge on any atom is -0.330 e. The van der Waals surface area contributed by atoms with Crippen LogP contribution in [0.5, 0.6) is 0 Å². The topological polar surface area (TPSA) is 72.2 Å². The molecule has 0 aromatic heterocycles. The second-order valence-electron chi connectivity index (χ2n) is 4.00. The summed E-state index contributed by atoms with van der Waals surface area (Å²) in [5.74, 6) is 0. The normalized spacial score (nSPS) is 28.1. The molecule has 2 atom stereocenters. The number of hydrogen-bond donors (Lipinski definition) is 2. The monoisotopic (exact) mass is 220 g/mol. The molecular weight excluding hydrogens is 200 g/mol. The summed E-state index contributed by atoms with van der Waals surface area (Å²) in [6.45, 7) is 1.48. The van der Waals surface area contributed by atoms with Gasteiger partial charge >= 0.3 is 0 Å². The van der Waals surface area contributed by atoms with E-state index in [1.165, 1.54) is 6.26 Å². The Hall–Kier alpha value is -0.130. The Morgan fingerprint density at radius 1 is 1.43 bits per heavy atom. The Morgan fingerprint density at radius 3 is 2.71 bits per heavy atom.